The topological polar surface area (TPSA) is 59.3 Å². The molecule has 1 amide bonds. The Hall–Kier alpha value is -1.91. The van der Waals surface area contributed by atoms with Crippen LogP contribution in [-0.2, 0) is 5.41 Å². The third-order valence-electron chi connectivity index (χ3n) is 4.40. The molecular formula is C20H32N4O. The third-order valence-corrected chi connectivity index (χ3v) is 4.40. The lowest BCUT2D eigenvalue weighted by Crippen LogP contribution is -2.27. The van der Waals surface area contributed by atoms with E-state index in [-0.39, 0.29) is 17.2 Å². The maximum Gasteiger partial charge on any atom is 0.254 e. The van der Waals surface area contributed by atoms with Crippen molar-refractivity contribution in [2.75, 3.05) is 6.54 Å². The molecule has 0 spiro atoms. The van der Waals surface area contributed by atoms with E-state index >= 15 is 0 Å². The Kier molecular flexibility index (Phi) is 6.20. The molecule has 0 saturated heterocycles. The number of unbranched alkanes of at least 4 members (excludes halogenated alkanes) is 3. The summed E-state index contributed by atoms with van der Waals surface area (Å²) < 4.78 is 1.84. The van der Waals surface area contributed by atoms with Gasteiger partial charge in [0.2, 0.25) is 0 Å². The molecule has 2 rings (SSSR count). The van der Waals surface area contributed by atoms with Crippen LogP contribution in [0.4, 0.5) is 0 Å². The number of carbonyl (C=O) groups excluding carboxylic acids is 1. The van der Waals surface area contributed by atoms with E-state index in [1.165, 1.54) is 12.8 Å². The number of fused-ring (bicyclic) bond motifs is 1. The maximum absolute atomic E-state index is 12.7. The van der Waals surface area contributed by atoms with Crippen molar-refractivity contribution in [3.8, 4) is 0 Å². The summed E-state index contributed by atoms with van der Waals surface area (Å²) in [5, 5.41) is 7.78. The van der Waals surface area contributed by atoms with Gasteiger partial charge in [-0.1, -0.05) is 60.8 Å². The molecule has 2 aromatic heterocycles. The first-order chi connectivity index (χ1) is 11.8. The molecule has 25 heavy (non-hydrogen) atoms. The number of nitrogens with one attached hydrogen (secondary N) is 1. The fraction of sp³-hybridized carbons (Fsp3) is 0.650. The summed E-state index contributed by atoms with van der Waals surface area (Å²) >= 11 is 0. The van der Waals surface area contributed by atoms with Crippen LogP contribution in [-0.4, -0.2) is 27.0 Å². The average molecular weight is 345 g/mol. The molecule has 0 aromatic carbocycles. The van der Waals surface area contributed by atoms with Crippen LogP contribution in [0.2, 0.25) is 0 Å². The van der Waals surface area contributed by atoms with E-state index in [1.807, 2.05) is 10.6 Å². The highest BCUT2D eigenvalue weighted by molar-refractivity contribution is 5.95. The van der Waals surface area contributed by atoms with Crippen LogP contribution < -0.4 is 5.32 Å². The number of nitrogens with zero attached hydrogens (tertiary/aromatic N) is 3. The summed E-state index contributed by atoms with van der Waals surface area (Å²) in [7, 11) is 0. The van der Waals surface area contributed by atoms with Gasteiger partial charge in [-0.2, -0.15) is 5.10 Å². The molecule has 5 nitrogen and oxygen atoms in total. The second-order valence-electron chi connectivity index (χ2n) is 8.08. The van der Waals surface area contributed by atoms with Gasteiger partial charge in [0.25, 0.3) is 5.91 Å². The highest BCUT2D eigenvalue weighted by atomic mass is 16.1. The average Bonchev–Trinajstić information content (AvgIpc) is 2.97. The van der Waals surface area contributed by atoms with Gasteiger partial charge in [0.1, 0.15) is 0 Å². The lowest BCUT2D eigenvalue weighted by atomic mass is 9.93. The van der Waals surface area contributed by atoms with E-state index in [1.54, 1.807) is 6.20 Å². The number of hydrogen-bond acceptors (Lipinski definition) is 3. The fourth-order valence-electron chi connectivity index (χ4n) is 2.90. The summed E-state index contributed by atoms with van der Waals surface area (Å²) in [6.45, 7) is 13.5. The van der Waals surface area contributed by atoms with E-state index in [4.69, 9.17) is 5.10 Å². The first kappa shape index (κ1) is 19.4. The summed E-state index contributed by atoms with van der Waals surface area (Å²) in [6.07, 6.45) is 6.27. The number of amides is 1. The van der Waals surface area contributed by atoms with Crippen LogP contribution in [0, 0.1) is 0 Å². The number of rotatable bonds is 7. The second-order valence-corrected chi connectivity index (χ2v) is 8.08. The molecule has 0 aliphatic carbocycles. The van der Waals surface area contributed by atoms with Crippen molar-refractivity contribution in [3.63, 3.8) is 0 Å². The van der Waals surface area contributed by atoms with Gasteiger partial charge in [0.15, 0.2) is 5.65 Å². The molecule has 0 radical (unpaired) electrons. The zero-order valence-electron chi connectivity index (χ0n) is 16.5. The highest BCUT2D eigenvalue weighted by Gasteiger charge is 2.23. The van der Waals surface area contributed by atoms with Gasteiger partial charge in [-0.15, -0.1) is 0 Å². The second kappa shape index (κ2) is 7.98. The van der Waals surface area contributed by atoms with Crippen LogP contribution in [0.15, 0.2) is 12.3 Å². The Morgan fingerprint density at radius 3 is 2.56 bits per heavy atom. The van der Waals surface area contributed by atoms with Crippen LogP contribution in [0.25, 0.3) is 5.65 Å². The van der Waals surface area contributed by atoms with Crippen LogP contribution >= 0.6 is 0 Å². The van der Waals surface area contributed by atoms with Gasteiger partial charge in [-0.3, -0.25) is 4.79 Å². The van der Waals surface area contributed by atoms with Crippen molar-refractivity contribution < 1.29 is 4.79 Å². The lowest BCUT2D eigenvalue weighted by Gasteiger charge is -2.15. The predicted octanol–water partition coefficient (Wildman–Crippen LogP) is 4.46. The van der Waals surface area contributed by atoms with Crippen LogP contribution in [0.3, 0.4) is 0 Å². The number of hydrogen-bond donors (Lipinski definition) is 1. The van der Waals surface area contributed by atoms with Crippen molar-refractivity contribution in [3.05, 3.63) is 29.2 Å². The Morgan fingerprint density at radius 2 is 1.96 bits per heavy atom. The van der Waals surface area contributed by atoms with Crippen LogP contribution in [0.1, 0.15) is 94.9 Å². The molecule has 0 aliphatic heterocycles. The van der Waals surface area contributed by atoms with Crippen molar-refractivity contribution in [2.45, 2.75) is 78.6 Å². The van der Waals surface area contributed by atoms with E-state index in [0.717, 1.165) is 29.9 Å². The van der Waals surface area contributed by atoms with Gasteiger partial charge >= 0.3 is 0 Å². The fourth-order valence-corrected chi connectivity index (χ4v) is 2.90. The Morgan fingerprint density at radius 1 is 1.24 bits per heavy atom. The summed E-state index contributed by atoms with van der Waals surface area (Å²) in [5.74, 6) is 0.126. The monoisotopic (exact) mass is 344 g/mol. The molecule has 0 bridgehead atoms. The molecular weight excluding hydrogens is 312 g/mol. The van der Waals surface area contributed by atoms with E-state index in [2.05, 4.69) is 51.8 Å². The molecule has 138 valence electrons. The Bertz CT molecular complexity index is 725. The normalized spacial score (nSPS) is 12.1. The third kappa shape index (κ3) is 4.59. The summed E-state index contributed by atoms with van der Waals surface area (Å²) in [4.78, 5) is 17.1. The van der Waals surface area contributed by atoms with Crippen molar-refractivity contribution in [1.82, 2.24) is 19.9 Å². The summed E-state index contributed by atoms with van der Waals surface area (Å²) in [6, 6.07) is 2.01. The standard InChI is InChI=1S/C20H32N4O/c1-7-8-9-10-11-21-19(25)15-13-22-17-12-16(20(4,5)6)23-24(17)18(15)14(2)3/h12-14H,7-11H2,1-6H3,(H,21,25). The lowest BCUT2D eigenvalue weighted by molar-refractivity contribution is 0.0950. The number of aromatic nitrogens is 3. The molecule has 0 atom stereocenters. The van der Waals surface area contributed by atoms with Crippen LogP contribution in [0.5, 0.6) is 0 Å². The Labute approximate surface area is 151 Å². The smallest absolute Gasteiger partial charge is 0.254 e. The SMILES string of the molecule is CCCCCCNC(=O)c1cnc2cc(C(C)(C)C)nn2c1C(C)C. The minimum atomic E-state index is -0.0533. The predicted molar refractivity (Wildman–Crippen MR) is 102 cm³/mol. The zero-order chi connectivity index (χ0) is 18.6. The van der Waals surface area contributed by atoms with Crippen molar-refractivity contribution >= 4 is 11.6 Å². The highest BCUT2D eigenvalue weighted by Crippen LogP contribution is 2.25. The van der Waals surface area contributed by atoms with E-state index in [0.29, 0.717) is 12.1 Å². The first-order valence-electron chi connectivity index (χ1n) is 9.43. The molecule has 1 N–H and O–H groups in total. The van der Waals surface area contributed by atoms with Gasteiger partial charge in [0, 0.05) is 24.2 Å². The largest absolute Gasteiger partial charge is 0.352 e. The van der Waals surface area contributed by atoms with E-state index < -0.39 is 0 Å². The van der Waals surface area contributed by atoms with Gasteiger partial charge in [-0.05, 0) is 12.3 Å². The zero-order valence-corrected chi connectivity index (χ0v) is 16.5. The Balaban J connectivity index is 2.30. The molecule has 2 heterocycles. The van der Waals surface area contributed by atoms with Gasteiger partial charge in [-0.25, -0.2) is 9.50 Å². The van der Waals surface area contributed by atoms with E-state index in [9.17, 15) is 4.79 Å². The molecule has 0 aliphatic rings. The maximum atomic E-state index is 12.7. The molecule has 2 aromatic rings. The minimum Gasteiger partial charge on any atom is -0.352 e. The molecule has 0 saturated carbocycles. The minimum absolute atomic E-state index is 0.0519. The quantitative estimate of drug-likeness (QED) is 0.754. The first-order valence-corrected chi connectivity index (χ1v) is 9.43. The van der Waals surface area contributed by atoms with Crippen molar-refractivity contribution in [1.29, 1.82) is 0 Å². The number of carbonyl (C=O) groups is 1. The van der Waals surface area contributed by atoms with Gasteiger partial charge in [0.05, 0.1) is 17.0 Å². The molecule has 0 unspecified atom stereocenters. The van der Waals surface area contributed by atoms with Crippen molar-refractivity contribution in [2.24, 2.45) is 0 Å². The molecule has 5 heteroatoms. The molecule has 0 fully saturated rings. The summed E-state index contributed by atoms with van der Waals surface area (Å²) in [5.41, 5.74) is 3.28. The van der Waals surface area contributed by atoms with Gasteiger partial charge < -0.3 is 5.32 Å².